The maximum absolute atomic E-state index is 15.2. The number of ether oxygens (including phenoxy) is 2. The van der Waals surface area contributed by atoms with Gasteiger partial charge in [-0.3, -0.25) is 9.48 Å². The maximum Gasteiger partial charge on any atom is 0.337 e. The summed E-state index contributed by atoms with van der Waals surface area (Å²) in [6.45, 7) is 11.7. The second-order valence-corrected chi connectivity index (χ2v) is 14.8. The first kappa shape index (κ1) is 36.6. The van der Waals surface area contributed by atoms with E-state index in [1.165, 1.54) is 0 Å². The van der Waals surface area contributed by atoms with Crippen LogP contribution < -0.4 is 9.64 Å². The number of carbonyl (C=O) groups is 2. The number of hydrogen-bond donors (Lipinski definition) is 1. The van der Waals surface area contributed by atoms with E-state index < -0.39 is 5.97 Å². The van der Waals surface area contributed by atoms with Gasteiger partial charge in [0.15, 0.2) is 0 Å². The van der Waals surface area contributed by atoms with Gasteiger partial charge in [-0.05, 0) is 88.4 Å². The molecule has 3 aromatic carbocycles. The first-order chi connectivity index (χ1) is 25.3. The van der Waals surface area contributed by atoms with Gasteiger partial charge in [0.2, 0.25) is 0 Å². The zero-order valence-electron chi connectivity index (χ0n) is 31.0. The number of aryl methyl sites for hydroxylation is 5. The van der Waals surface area contributed by atoms with E-state index in [2.05, 4.69) is 11.5 Å². The lowest BCUT2D eigenvalue weighted by Crippen LogP contribution is -2.43. The van der Waals surface area contributed by atoms with Crippen LogP contribution in [0, 0.1) is 27.7 Å². The van der Waals surface area contributed by atoms with Crippen LogP contribution in [0.1, 0.15) is 68.3 Å². The lowest BCUT2D eigenvalue weighted by Gasteiger charge is -2.35. The Morgan fingerprint density at radius 2 is 1.74 bits per heavy atom. The number of aromatic nitrogens is 4. The van der Waals surface area contributed by atoms with E-state index in [0.717, 1.165) is 60.9 Å². The van der Waals surface area contributed by atoms with Crippen molar-refractivity contribution in [2.24, 2.45) is 7.05 Å². The van der Waals surface area contributed by atoms with Crippen LogP contribution in [0.3, 0.4) is 0 Å². The fourth-order valence-electron chi connectivity index (χ4n) is 8.03. The Morgan fingerprint density at radius 3 is 2.40 bits per heavy atom. The average molecular weight is 757 g/mol. The molecule has 3 aromatic heterocycles. The van der Waals surface area contributed by atoms with Gasteiger partial charge in [-0.25, -0.2) is 4.79 Å². The molecule has 0 saturated heterocycles. The van der Waals surface area contributed by atoms with Gasteiger partial charge in [0.05, 0.1) is 46.2 Å². The molecule has 6 aromatic rings. The number of aromatic carboxylic acids is 1. The second kappa shape index (κ2) is 14.2. The predicted molar refractivity (Wildman–Crippen MR) is 211 cm³/mol. The third kappa shape index (κ3) is 6.16. The van der Waals surface area contributed by atoms with Crippen LogP contribution in [-0.4, -0.2) is 62.8 Å². The quantitative estimate of drug-likeness (QED) is 0.132. The molecule has 1 aliphatic heterocycles. The van der Waals surface area contributed by atoms with Crippen LogP contribution in [0.5, 0.6) is 5.75 Å². The summed E-state index contributed by atoms with van der Waals surface area (Å²) in [5, 5.41) is 17.7. The van der Waals surface area contributed by atoms with Gasteiger partial charge in [-0.15, -0.1) is 0 Å². The van der Waals surface area contributed by atoms with Crippen LogP contribution in [0.2, 0.25) is 10.0 Å². The van der Waals surface area contributed by atoms with Gasteiger partial charge in [0, 0.05) is 72.1 Å². The van der Waals surface area contributed by atoms with E-state index in [9.17, 15) is 9.90 Å². The van der Waals surface area contributed by atoms with Gasteiger partial charge in [0.25, 0.3) is 5.91 Å². The summed E-state index contributed by atoms with van der Waals surface area (Å²) in [5.41, 5.74) is 9.48. The zero-order chi connectivity index (χ0) is 37.9. The van der Waals surface area contributed by atoms with Crippen molar-refractivity contribution in [3.8, 4) is 16.9 Å². The van der Waals surface area contributed by atoms with Crippen molar-refractivity contribution in [1.82, 2.24) is 18.9 Å². The highest BCUT2D eigenvalue weighted by Gasteiger charge is 2.38. The monoisotopic (exact) mass is 755 g/mol. The van der Waals surface area contributed by atoms with Crippen LogP contribution in [0.4, 0.5) is 5.69 Å². The smallest absolute Gasteiger partial charge is 0.337 e. The Bertz CT molecular complexity index is 2420. The van der Waals surface area contributed by atoms with Gasteiger partial charge in [-0.1, -0.05) is 41.4 Å². The number of para-hydroxylation sites is 1. The number of methoxy groups -OCH3 is 1. The van der Waals surface area contributed by atoms with E-state index in [-0.39, 0.29) is 17.5 Å². The second-order valence-electron chi connectivity index (χ2n) is 14.0. The minimum absolute atomic E-state index is 0.162. The minimum atomic E-state index is -1.03. The van der Waals surface area contributed by atoms with Gasteiger partial charge < -0.3 is 28.6 Å². The molecular weight excluding hydrogens is 713 g/mol. The van der Waals surface area contributed by atoms with E-state index in [1.807, 2.05) is 80.4 Å². The molecule has 276 valence electrons. The Labute approximate surface area is 318 Å². The van der Waals surface area contributed by atoms with Crippen molar-refractivity contribution in [2.45, 2.75) is 60.0 Å². The minimum Gasteiger partial charge on any atom is -0.494 e. The van der Waals surface area contributed by atoms with Crippen molar-refractivity contribution in [3.63, 3.8) is 0 Å². The molecular formula is C41H43Cl2N5O5. The summed E-state index contributed by atoms with van der Waals surface area (Å²) in [4.78, 5) is 29.3. The van der Waals surface area contributed by atoms with E-state index in [0.29, 0.717) is 66.5 Å². The zero-order valence-corrected chi connectivity index (χ0v) is 32.5. The number of carbonyl (C=O) groups excluding carboxylic acids is 1. The van der Waals surface area contributed by atoms with Crippen molar-refractivity contribution in [3.05, 3.63) is 98.0 Å². The Kier molecular flexibility index (Phi) is 9.82. The number of anilines is 1. The predicted octanol–water partition coefficient (Wildman–Crippen LogP) is 9.11. The fraction of sp³-hybridized carbons (Fsp3) is 0.341. The van der Waals surface area contributed by atoms with Gasteiger partial charge >= 0.3 is 5.97 Å². The lowest BCUT2D eigenvalue weighted by atomic mass is 9.98. The van der Waals surface area contributed by atoms with E-state index >= 15 is 4.79 Å². The normalized spacial score (nSPS) is 14.5. The number of carboxylic acid groups (broad SMARTS) is 1. The highest BCUT2D eigenvalue weighted by molar-refractivity contribution is 6.35. The maximum atomic E-state index is 15.2. The highest BCUT2D eigenvalue weighted by atomic mass is 35.5. The molecule has 1 atom stereocenters. The van der Waals surface area contributed by atoms with Crippen molar-refractivity contribution in [2.75, 3.05) is 31.8 Å². The average Bonchev–Trinajstić information content (AvgIpc) is 3.75. The summed E-state index contributed by atoms with van der Waals surface area (Å²) in [6, 6.07) is 13.2. The lowest BCUT2D eigenvalue weighted by molar-refractivity contribution is 0.0698. The molecule has 0 aliphatic carbocycles. The summed E-state index contributed by atoms with van der Waals surface area (Å²) in [6.07, 6.45) is 2.85. The van der Waals surface area contributed by atoms with Gasteiger partial charge in [0.1, 0.15) is 11.4 Å². The number of carboxylic acids is 1. The number of nitrogens with zero attached hydrogens (tertiary/aromatic N) is 5. The van der Waals surface area contributed by atoms with Crippen molar-refractivity contribution >= 4 is 62.6 Å². The first-order valence-corrected chi connectivity index (χ1v) is 18.5. The van der Waals surface area contributed by atoms with Crippen LogP contribution >= 0.6 is 23.2 Å². The molecule has 0 saturated carbocycles. The molecule has 0 bridgehead atoms. The van der Waals surface area contributed by atoms with Crippen LogP contribution in [-0.2, 0) is 24.8 Å². The third-order valence-corrected chi connectivity index (χ3v) is 11.4. The van der Waals surface area contributed by atoms with Crippen LogP contribution in [0.25, 0.3) is 32.9 Å². The summed E-state index contributed by atoms with van der Waals surface area (Å²) in [7, 11) is 3.53. The summed E-state index contributed by atoms with van der Waals surface area (Å²) in [5.74, 6) is -0.434. The van der Waals surface area contributed by atoms with E-state index in [1.54, 1.807) is 24.3 Å². The first-order valence-electron chi connectivity index (χ1n) is 17.7. The van der Waals surface area contributed by atoms with Crippen LogP contribution in [0.15, 0.2) is 48.7 Å². The topological polar surface area (TPSA) is 104 Å². The number of amides is 1. The molecule has 1 aliphatic rings. The molecule has 0 spiro atoms. The molecule has 0 fully saturated rings. The number of benzene rings is 3. The molecule has 0 radical (unpaired) electrons. The Balaban J connectivity index is 1.39. The summed E-state index contributed by atoms with van der Waals surface area (Å²) < 4.78 is 17.5. The molecule has 7 rings (SSSR count). The molecule has 10 nitrogen and oxygen atoms in total. The van der Waals surface area contributed by atoms with Crippen molar-refractivity contribution < 1.29 is 24.2 Å². The molecule has 4 heterocycles. The third-order valence-electron chi connectivity index (χ3n) is 10.5. The highest BCUT2D eigenvalue weighted by Crippen LogP contribution is 2.46. The molecule has 1 N–H and O–H groups in total. The number of fused-ring (bicyclic) bond motifs is 4. The molecule has 53 heavy (non-hydrogen) atoms. The number of hydrogen-bond acceptors (Lipinski definition) is 5. The number of halogens is 2. The van der Waals surface area contributed by atoms with E-state index in [4.69, 9.17) is 37.8 Å². The summed E-state index contributed by atoms with van der Waals surface area (Å²) >= 11 is 13.5. The van der Waals surface area contributed by atoms with Crippen molar-refractivity contribution in [1.29, 1.82) is 0 Å². The Hall–Kier alpha value is -4.77. The van der Waals surface area contributed by atoms with Gasteiger partial charge in [-0.2, -0.15) is 5.10 Å². The standard InChI is InChI=1S/C41H43Cl2N5O5/c1-22-18-27(19-23(2)36(22)43)53-16-9-11-28-30-13-14-32(42)35(34-25(4)44-45(6)26(34)5)38(30)48-24(3)20-47(40(49)39(28)48)33-12-8-10-29-31(41(50)51)21-46(37(29)33)15-17-52-7/h8,10,12-14,18-19,21,24H,9,11,15-17,20H2,1-7H3,(H,50,51)/t24-/m1/s1. The SMILES string of the molecule is COCCn1cc(C(=O)O)c2cccc(N3C[C@@H](C)n4c(c(CCCOc5cc(C)c(Cl)c(C)c5)c5ccc(Cl)c(-c6c(C)nn(C)c6C)c54)C3=O)c21. The fourth-order valence-corrected chi connectivity index (χ4v) is 8.39. The Morgan fingerprint density at radius 1 is 1.00 bits per heavy atom. The molecule has 12 heteroatoms. The molecule has 1 amide bonds. The molecule has 0 unspecified atom stereocenters. The largest absolute Gasteiger partial charge is 0.494 e. The number of rotatable bonds is 11.